The number of hydrogen-bond acceptors (Lipinski definition) is 4. The van der Waals surface area contributed by atoms with Crippen LogP contribution in [-0.2, 0) is 11.3 Å². The SMILES string of the molecule is C=CCNC(=O)[C@@H](C)Sc1nnc(-c2ccccc2)n1CC. The second-order valence-electron chi connectivity index (χ2n) is 4.71. The second-order valence-corrected chi connectivity index (χ2v) is 6.02. The van der Waals surface area contributed by atoms with Crippen molar-refractivity contribution in [1.82, 2.24) is 20.1 Å². The molecule has 1 aromatic carbocycles. The molecule has 22 heavy (non-hydrogen) atoms. The van der Waals surface area contributed by atoms with Crippen molar-refractivity contribution in [2.45, 2.75) is 30.8 Å². The Morgan fingerprint density at radius 2 is 2.14 bits per heavy atom. The van der Waals surface area contributed by atoms with E-state index in [1.807, 2.05) is 48.7 Å². The summed E-state index contributed by atoms with van der Waals surface area (Å²) in [7, 11) is 0. The highest BCUT2D eigenvalue weighted by Crippen LogP contribution is 2.26. The number of nitrogens with zero attached hydrogens (tertiary/aromatic N) is 3. The lowest BCUT2D eigenvalue weighted by Crippen LogP contribution is -2.31. The minimum Gasteiger partial charge on any atom is -0.352 e. The van der Waals surface area contributed by atoms with Crippen molar-refractivity contribution in [2.75, 3.05) is 6.54 Å². The zero-order valence-corrected chi connectivity index (χ0v) is 13.6. The quantitative estimate of drug-likeness (QED) is 0.630. The molecule has 1 atom stereocenters. The van der Waals surface area contributed by atoms with Crippen LogP contribution in [0.3, 0.4) is 0 Å². The van der Waals surface area contributed by atoms with Crippen LogP contribution in [0.1, 0.15) is 13.8 Å². The first-order chi connectivity index (χ1) is 10.7. The van der Waals surface area contributed by atoms with Crippen LogP contribution < -0.4 is 5.32 Å². The van der Waals surface area contributed by atoms with Gasteiger partial charge in [0.15, 0.2) is 11.0 Å². The van der Waals surface area contributed by atoms with Crippen molar-refractivity contribution in [3.63, 3.8) is 0 Å². The highest BCUT2D eigenvalue weighted by Gasteiger charge is 2.19. The summed E-state index contributed by atoms with van der Waals surface area (Å²) in [5.74, 6) is 0.793. The van der Waals surface area contributed by atoms with Gasteiger partial charge in [0.05, 0.1) is 5.25 Å². The maximum absolute atomic E-state index is 11.9. The molecule has 0 saturated carbocycles. The molecule has 0 aliphatic carbocycles. The van der Waals surface area contributed by atoms with E-state index in [9.17, 15) is 4.79 Å². The fourth-order valence-corrected chi connectivity index (χ4v) is 2.93. The molecule has 1 N–H and O–H groups in total. The number of rotatable bonds is 7. The Hall–Kier alpha value is -2.08. The lowest BCUT2D eigenvalue weighted by Gasteiger charge is -2.12. The van der Waals surface area contributed by atoms with Crippen LogP contribution in [0.2, 0.25) is 0 Å². The molecule has 5 nitrogen and oxygen atoms in total. The molecule has 0 spiro atoms. The molecule has 0 unspecified atom stereocenters. The number of benzene rings is 1. The molecule has 1 heterocycles. The lowest BCUT2D eigenvalue weighted by molar-refractivity contribution is -0.120. The highest BCUT2D eigenvalue weighted by molar-refractivity contribution is 8.00. The van der Waals surface area contributed by atoms with E-state index in [2.05, 4.69) is 22.1 Å². The van der Waals surface area contributed by atoms with Crippen molar-refractivity contribution in [3.05, 3.63) is 43.0 Å². The Labute approximate surface area is 134 Å². The fraction of sp³-hybridized carbons (Fsp3) is 0.312. The third-order valence-electron chi connectivity index (χ3n) is 3.14. The van der Waals surface area contributed by atoms with Gasteiger partial charge in [-0.1, -0.05) is 48.2 Å². The molecule has 2 aromatic rings. The van der Waals surface area contributed by atoms with Crippen LogP contribution in [0.4, 0.5) is 0 Å². The topological polar surface area (TPSA) is 59.8 Å². The van der Waals surface area contributed by atoms with Crippen molar-refractivity contribution < 1.29 is 4.79 Å². The van der Waals surface area contributed by atoms with Crippen LogP contribution in [-0.4, -0.2) is 32.5 Å². The average molecular weight is 316 g/mol. The van der Waals surface area contributed by atoms with E-state index in [1.54, 1.807) is 6.08 Å². The van der Waals surface area contributed by atoms with Gasteiger partial charge in [-0.25, -0.2) is 0 Å². The van der Waals surface area contributed by atoms with Gasteiger partial charge in [0.25, 0.3) is 0 Å². The van der Waals surface area contributed by atoms with E-state index in [4.69, 9.17) is 0 Å². The molecule has 6 heteroatoms. The smallest absolute Gasteiger partial charge is 0.233 e. The zero-order valence-electron chi connectivity index (χ0n) is 12.8. The van der Waals surface area contributed by atoms with Crippen LogP contribution in [0.15, 0.2) is 48.1 Å². The summed E-state index contributed by atoms with van der Waals surface area (Å²) in [6.45, 7) is 8.72. The van der Waals surface area contributed by atoms with Crippen LogP contribution in [0.25, 0.3) is 11.4 Å². The Bertz CT molecular complexity index is 639. The molecule has 116 valence electrons. The first-order valence-corrected chi connectivity index (χ1v) is 8.09. The van der Waals surface area contributed by atoms with Crippen molar-refractivity contribution >= 4 is 17.7 Å². The molecular weight excluding hydrogens is 296 g/mol. The zero-order chi connectivity index (χ0) is 15.9. The fourth-order valence-electron chi connectivity index (χ4n) is 1.99. The van der Waals surface area contributed by atoms with Crippen LogP contribution in [0.5, 0.6) is 0 Å². The predicted molar refractivity (Wildman–Crippen MR) is 89.7 cm³/mol. The third-order valence-corrected chi connectivity index (χ3v) is 4.22. The summed E-state index contributed by atoms with van der Waals surface area (Å²) in [6, 6.07) is 9.93. The number of carbonyl (C=O) groups is 1. The molecule has 0 saturated heterocycles. The maximum atomic E-state index is 11.9. The summed E-state index contributed by atoms with van der Waals surface area (Å²) in [4.78, 5) is 11.9. The largest absolute Gasteiger partial charge is 0.352 e. The van der Waals surface area contributed by atoms with Gasteiger partial charge in [-0.05, 0) is 13.8 Å². The molecule has 0 bridgehead atoms. The minimum atomic E-state index is -0.238. The van der Waals surface area contributed by atoms with Gasteiger partial charge in [-0.2, -0.15) is 0 Å². The number of hydrogen-bond donors (Lipinski definition) is 1. The average Bonchev–Trinajstić information content (AvgIpc) is 2.95. The highest BCUT2D eigenvalue weighted by atomic mass is 32.2. The molecule has 2 rings (SSSR count). The Morgan fingerprint density at radius 3 is 2.77 bits per heavy atom. The standard InChI is InChI=1S/C16H20N4OS/c1-4-11-17-15(21)12(3)22-16-19-18-14(20(16)5-2)13-9-7-6-8-10-13/h4,6-10,12H,1,5,11H2,2-3H3,(H,17,21)/t12-/m1/s1. The number of aromatic nitrogens is 3. The number of nitrogens with one attached hydrogen (secondary N) is 1. The number of thioether (sulfide) groups is 1. The van der Waals surface area contributed by atoms with Gasteiger partial charge in [-0.15, -0.1) is 16.8 Å². The Kier molecular flexibility index (Phi) is 5.77. The Balaban J connectivity index is 2.17. The van der Waals surface area contributed by atoms with E-state index in [1.165, 1.54) is 11.8 Å². The maximum Gasteiger partial charge on any atom is 0.233 e. The second kappa shape index (κ2) is 7.79. The van der Waals surface area contributed by atoms with Crippen molar-refractivity contribution in [2.24, 2.45) is 0 Å². The van der Waals surface area contributed by atoms with Crippen molar-refractivity contribution in [3.8, 4) is 11.4 Å². The van der Waals surface area contributed by atoms with Crippen LogP contribution >= 0.6 is 11.8 Å². The monoisotopic (exact) mass is 316 g/mol. The first-order valence-electron chi connectivity index (χ1n) is 7.21. The molecule has 0 radical (unpaired) electrons. The first kappa shape index (κ1) is 16.3. The van der Waals surface area contributed by atoms with E-state index in [0.29, 0.717) is 6.54 Å². The third kappa shape index (κ3) is 3.76. The van der Waals surface area contributed by atoms with Gasteiger partial charge in [0, 0.05) is 18.7 Å². The summed E-state index contributed by atoms with van der Waals surface area (Å²) in [5.41, 5.74) is 1.02. The van der Waals surface area contributed by atoms with Gasteiger partial charge in [0.2, 0.25) is 5.91 Å². The van der Waals surface area contributed by atoms with Gasteiger partial charge >= 0.3 is 0 Å². The summed E-state index contributed by atoms with van der Waals surface area (Å²) >= 11 is 1.41. The van der Waals surface area contributed by atoms with Crippen molar-refractivity contribution in [1.29, 1.82) is 0 Å². The van der Waals surface area contributed by atoms with Gasteiger partial charge in [0.1, 0.15) is 0 Å². The minimum absolute atomic E-state index is 0.0307. The van der Waals surface area contributed by atoms with Gasteiger partial charge in [-0.3, -0.25) is 4.79 Å². The number of amides is 1. The molecule has 0 aliphatic rings. The van der Waals surface area contributed by atoms with Crippen LogP contribution in [0, 0.1) is 0 Å². The van der Waals surface area contributed by atoms with E-state index in [-0.39, 0.29) is 11.2 Å². The Morgan fingerprint density at radius 1 is 1.41 bits per heavy atom. The molecular formula is C16H20N4OS. The predicted octanol–water partition coefficient (Wildman–Crippen LogP) is 2.75. The van der Waals surface area contributed by atoms with Gasteiger partial charge < -0.3 is 9.88 Å². The van der Waals surface area contributed by atoms with E-state index < -0.39 is 0 Å². The van der Waals surface area contributed by atoms with E-state index >= 15 is 0 Å². The molecule has 0 aliphatic heterocycles. The number of carbonyl (C=O) groups excluding carboxylic acids is 1. The lowest BCUT2D eigenvalue weighted by atomic mass is 10.2. The summed E-state index contributed by atoms with van der Waals surface area (Å²) < 4.78 is 2.03. The summed E-state index contributed by atoms with van der Waals surface area (Å²) in [5, 5.41) is 11.8. The molecule has 1 aromatic heterocycles. The molecule has 0 fully saturated rings. The summed E-state index contributed by atoms with van der Waals surface area (Å²) in [6.07, 6.45) is 1.66. The van der Waals surface area contributed by atoms with E-state index in [0.717, 1.165) is 23.1 Å². The molecule has 1 amide bonds. The normalized spacial score (nSPS) is 11.9.